The molecule has 0 bridgehead atoms. The Balaban J connectivity index is 1.48. The molecule has 7 nitrogen and oxygen atoms in total. The summed E-state index contributed by atoms with van der Waals surface area (Å²) in [4.78, 5) is 14.3. The van der Waals surface area contributed by atoms with Crippen LogP contribution in [-0.2, 0) is 4.79 Å². The lowest BCUT2D eigenvalue weighted by Gasteiger charge is -2.13. The molecule has 2 heterocycles. The van der Waals surface area contributed by atoms with Crippen molar-refractivity contribution >= 4 is 11.9 Å². The molecule has 1 aromatic carbocycles. The maximum atomic E-state index is 11.9. The van der Waals surface area contributed by atoms with Crippen molar-refractivity contribution in [3.8, 4) is 17.2 Å². The third kappa shape index (κ3) is 4.32. The summed E-state index contributed by atoms with van der Waals surface area (Å²) < 4.78 is 10.6. The minimum atomic E-state index is -0.0980. The zero-order valence-electron chi connectivity index (χ0n) is 13.8. The average Bonchev–Trinajstić information content (AvgIpc) is 3.27. The van der Waals surface area contributed by atoms with Gasteiger partial charge in [-0.15, -0.1) is 5.10 Å². The van der Waals surface area contributed by atoms with Gasteiger partial charge in [0.15, 0.2) is 0 Å². The van der Waals surface area contributed by atoms with Crippen molar-refractivity contribution in [3.05, 3.63) is 24.3 Å². The van der Waals surface area contributed by atoms with Gasteiger partial charge in [0.2, 0.25) is 11.8 Å². The maximum Gasteiger partial charge on any atom is 0.322 e. The Morgan fingerprint density at radius 1 is 1.25 bits per heavy atom. The lowest BCUT2D eigenvalue weighted by atomic mass is 10.2. The van der Waals surface area contributed by atoms with Crippen LogP contribution in [0, 0.1) is 0 Å². The minimum Gasteiger partial charge on any atom is -0.497 e. The van der Waals surface area contributed by atoms with Crippen LogP contribution in [0.4, 0.5) is 6.01 Å². The molecule has 0 atom stereocenters. The number of anilines is 1. The van der Waals surface area contributed by atoms with Gasteiger partial charge in [-0.2, -0.15) is 0 Å². The first-order valence-electron chi connectivity index (χ1n) is 8.25. The van der Waals surface area contributed by atoms with Crippen LogP contribution in [0.15, 0.2) is 28.7 Å². The fourth-order valence-corrected chi connectivity index (χ4v) is 2.78. The van der Waals surface area contributed by atoms with Crippen molar-refractivity contribution in [2.45, 2.75) is 25.7 Å². The van der Waals surface area contributed by atoms with Crippen LogP contribution < -0.4 is 10.1 Å². The molecule has 1 N–H and O–H groups in total. The largest absolute Gasteiger partial charge is 0.497 e. The van der Waals surface area contributed by atoms with Crippen molar-refractivity contribution in [1.29, 1.82) is 0 Å². The van der Waals surface area contributed by atoms with E-state index in [1.165, 1.54) is 12.8 Å². The van der Waals surface area contributed by atoms with Crippen LogP contribution in [0.25, 0.3) is 11.5 Å². The van der Waals surface area contributed by atoms with Crippen molar-refractivity contribution < 1.29 is 13.9 Å². The Morgan fingerprint density at radius 2 is 2.00 bits per heavy atom. The first kappa shape index (κ1) is 16.4. The Bertz CT molecular complexity index is 663. The number of amides is 1. The minimum absolute atomic E-state index is 0.0980. The van der Waals surface area contributed by atoms with Crippen LogP contribution in [-0.4, -0.2) is 47.7 Å². The second kappa shape index (κ2) is 7.92. The SMILES string of the molecule is COc1ccc(-c2nnc(NC(=O)CCCN3CCCC3)o2)cc1. The van der Waals surface area contributed by atoms with E-state index in [2.05, 4.69) is 20.4 Å². The van der Waals surface area contributed by atoms with Crippen molar-refractivity contribution in [1.82, 2.24) is 15.1 Å². The summed E-state index contributed by atoms with van der Waals surface area (Å²) in [6.45, 7) is 3.27. The van der Waals surface area contributed by atoms with E-state index in [4.69, 9.17) is 9.15 Å². The third-order valence-corrected chi connectivity index (χ3v) is 4.09. The molecule has 1 aliphatic rings. The summed E-state index contributed by atoms with van der Waals surface area (Å²) in [5, 5.41) is 10.5. The molecule has 1 aromatic heterocycles. The van der Waals surface area contributed by atoms with Crippen molar-refractivity contribution in [3.63, 3.8) is 0 Å². The summed E-state index contributed by atoms with van der Waals surface area (Å²) in [5.74, 6) is 1.02. The molecule has 1 amide bonds. The standard InChI is InChI=1S/C17H22N4O3/c1-23-14-8-6-13(7-9-14)16-19-20-17(24-16)18-15(22)5-4-12-21-10-2-3-11-21/h6-9H,2-5,10-12H2,1H3,(H,18,20,22). The molecule has 0 saturated carbocycles. The Hall–Kier alpha value is -2.41. The molecule has 1 aliphatic heterocycles. The summed E-state index contributed by atoms with van der Waals surface area (Å²) >= 11 is 0. The predicted octanol–water partition coefficient (Wildman–Crippen LogP) is 2.56. The number of hydrogen-bond acceptors (Lipinski definition) is 6. The van der Waals surface area contributed by atoms with Gasteiger partial charge in [-0.3, -0.25) is 10.1 Å². The highest BCUT2D eigenvalue weighted by atomic mass is 16.5. The third-order valence-electron chi connectivity index (χ3n) is 4.09. The molecule has 2 aromatic rings. The van der Waals surface area contributed by atoms with E-state index in [9.17, 15) is 4.79 Å². The van der Waals surface area contributed by atoms with Gasteiger partial charge in [0.1, 0.15) is 5.75 Å². The van der Waals surface area contributed by atoms with E-state index >= 15 is 0 Å². The molecule has 0 spiro atoms. The monoisotopic (exact) mass is 330 g/mol. The van der Waals surface area contributed by atoms with Crippen molar-refractivity contribution in [2.24, 2.45) is 0 Å². The number of nitrogens with zero attached hydrogens (tertiary/aromatic N) is 3. The van der Waals surface area contributed by atoms with Crippen molar-refractivity contribution in [2.75, 3.05) is 32.1 Å². The Morgan fingerprint density at radius 3 is 2.71 bits per heavy atom. The second-order valence-corrected chi connectivity index (χ2v) is 5.84. The highest BCUT2D eigenvalue weighted by Gasteiger charge is 2.14. The topological polar surface area (TPSA) is 80.5 Å². The number of likely N-dealkylation sites (tertiary alicyclic amines) is 1. The van der Waals surface area contributed by atoms with Crippen LogP contribution in [0.3, 0.4) is 0 Å². The van der Waals surface area contributed by atoms with Crippen LogP contribution in [0.5, 0.6) is 5.75 Å². The first-order valence-corrected chi connectivity index (χ1v) is 8.25. The van der Waals surface area contributed by atoms with Crippen LogP contribution in [0.1, 0.15) is 25.7 Å². The lowest BCUT2D eigenvalue weighted by molar-refractivity contribution is -0.116. The fourth-order valence-electron chi connectivity index (χ4n) is 2.78. The molecule has 3 rings (SSSR count). The molecular formula is C17H22N4O3. The van der Waals surface area contributed by atoms with Gasteiger partial charge in [-0.05, 0) is 63.2 Å². The second-order valence-electron chi connectivity index (χ2n) is 5.84. The fraction of sp³-hybridized carbons (Fsp3) is 0.471. The van der Waals surface area contributed by atoms with E-state index in [1.807, 2.05) is 24.3 Å². The molecule has 0 aliphatic carbocycles. The van der Waals surface area contributed by atoms with Crippen LogP contribution >= 0.6 is 0 Å². The highest BCUT2D eigenvalue weighted by Crippen LogP contribution is 2.22. The zero-order chi connectivity index (χ0) is 16.8. The van der Waals surface area contributed by atoms with E-state index < -0.39 is 0 Å². The van der Waals surface area contributed by atoms with Gasteiger partial charge in [0, 0.05) is 12.0 Å². The van der Waals surface area contributed by atoms with Crippen LogP contribution in [0.2, 0.25) is 0 Å². The maximum absolute atomic E-state index is 11.9. The molecule has 24 heavy (non-hydrogen) atoms. The van der Waals surface area contributed by atoms with Gasteiger partial charge in [0.05, 0.1) is 7.11 Å². The molecule has 0 unspecified atom stereocenters. The predicted molar refractivity (Wildman–Crippen MR) is 89.8 cm³/mol. The number of benzene rings is 1. The number of rotatable bonds is 7. The number of carbonyl (C=O) groups excluding carboxylic acids is 1. The lowest BCUT2D eigenvalue weighted by Crippen LogP contribution is -2.22. The van der Waals surface area contributed by atoms with E-state index in [0.29, 0.717) is 12.3 Å². The van der Waals surface area contributed by atoms with Gasteiger partial charge < -0.3 is 14.1 Å². The molecule has 0 radical (unpaired) electrons. The molecule has 128 valence electrons. The normalized spacial score (nSPS) is 14.7. The highest BCUT2D eigenvalue weighted by molar-refractivity contribution is 5.88. The average molecular weight is 330 g/mol. The molecule has 1 saturated heterocycles. The van der Waals surface area contributed by atoms with Gasteiger partial charge in [-0.25, -0.2) is 0 Å². The van der Waals surface area contributed by atoms with Gasteiger partial charge in [-0.1, -0.05) is 5.10 Å². The van der Waals surface area contributed by atoms with E-state index in [1.54, 1.807) is 7.11 Å². The number of carbonyl (C=O) groups is 1. The molecular weight excluding hydrogens is 308 g/mol. The number of ether oxygens (including phenoxy) is 1. The van der Waals surface area contributed by atoms with Gasteiger partial charge in [0.25, 0.3) is 0 Å². The smallest absolute Gasteiger partial charge is 0.322 e. The number of methoxy groups -OCH3 is 1. The summed E-state index contributed by atoms with van der Waals surface area (Å²) in [5.41, 5.74) is 0.776. The van der Waals surface area contributed by atoms with E-state index in [0.717, 1.165) is 37.4 Å². The first-order chi connectivity index (χ1) is 11.7. The Kier molecular flexibility index (Phi) is 5.43. The zero-order valence-corrected chi connectivity index (χ0v) is 13.8. The number of nitrogens with one attached hydrogen (secondary N) is 1. The summed E-state index contributed by atoms with van der Waals surface area (Å²) in [6, 6.07) is 7.42. The summed E-state index contributed by atoms with van der Waals surface area (Å²) in [7, 11) is 1.61. The summed E-state index contributed by atoms with van der Waals surface area (Å²) in [6.07, 6.45) is 3.83. The number of hydrogen-bond donors (Lipinski definition) is 1. The molecule has 1 fully saturated rings. The van der Waals surface area contributed by atoms with Gasteiger partial charge >= 0.3 is 6.01 Å². The van der Waals surface area contributed by atoms with E-state index in [-0.39, 0.29) is 11.9 Å². The quantitative estimate of drug-likeness (QED) is 0.840. The Labute approximate surface area is 141 Å². The number of aromatic nitrogens is 2. The molecule has 7 heteroatoms.